The molecule has 0 bridgehead atoms. The van der Waals surface area contributed by atoms with Gasteiger partial charge < -0.3 is 10.1 Å². The topological polar surface area (TPSA) is 58.6 Å². The summed E-state index contributed by atoms with van der Waals surface area (Å²) in [5.41, 5.74) is 0. The predicted molar refractivity (Wildman–Crippen MR) is 84.9 cm³/mol. The van der Waals surface area contributed by atoms with Crippen LogP contribution in [0.1, 0.15) is 40.5 Å². The molecule has 0 aromatic carbocycles. The number of rotatable bonds is 11. The summed E-state index contributed by atoms with van der Waals surface area (Å²) in [6, 6.07) is 0.146. The first-order valence-electron chi connectivity index (χ1n) is 7.67. The molecule has 0 heterocycles. The van der Waals surface area contributed by atoms with Gasteiger partial charge in [0.25, 0.3) is 0 Å². The Bertz CT molecular complexity index is 329. The molecule has 0 aromatic rings. The van der Waals surface area contributed by atoms with Crippen LogP contribution < -0.4 is 5.32 Å². The Balaban J connectivity index is 4.21. The SMILES string of the molecule is C=CCN(CC(=O)NC(C)CCC(C)C)CC(=O)OCC. The van der Waals surface area contributed by atoms with E-state index in [4.69, 9.17) is 4.74 Å². The van der Waals surface area contributed by atoms with Crippen molar-refractivity contribution in [2.45, 2.75) is 46.6 Å². The Hall–Kier alpha value is -1.36. The Labute approximate surface area is 128 Å². The largest absolute Gasteiger partial charge is 0.465 e. The van der Waals surface area contributed by atoms with Gasteiger partial charge >= 0.3 is 5.97 Å². The van der Waals surface area contributed by atoms with Crippen LogP contribution in [0.3, 0.4) is 0 Å². The Morgan fingerprint density at radius 1 is 1.24 bits per heavy atom. The summed E-state index contributed by atoms with van der Waals surface area (Å²) in [4.78, 5) is 25.2. The normalized spacial score (nSPS) is 12.3. The van der Waals surface area contributed by atoms with Gasteiger partial charge in [-0.25, -0.2) is 0 Å². The van der Waals surface area contributed by atoms with E-state index < -0.39 is 0 Å². The van der Waals surface area contributed by atoms with Crippen LogP contribution >= 0.6 is 0 Å². The molecule has 1 atom stereocenters. The van der Waals surface area contributed by atoms with E-state index in [-0.39, 0.29) is 31.0 Å². The number of nitrogens with zero attached hydrogens (tertiary/aromatic N) is 1. The minimum atomic E-state index is -0.319. The zero-order chi connectivity index (χ0) is 16.3. The molecule has 0 aromatic heterocycles. The minimum Gasteiger partial charge on any atom is -0.465 e. The molecule has 1 amide bonds. The number of hydrogen-bond acceptors (Lipinski definition) is 4. The lowest BCUT2D eigenvalue weighted by Gasteiger charge is -2.21. The van der Waals surface area contributed by atoms with Crippen molar-refractivity contribution in [1.29, 1.82) is 0 Å². The molecular weight excluding hydrogens is 268 g/mol. The fraction of sp³-hybridized carbons (Fsp3) is 0.750. The van der Waals surface area contributed by atoms with Crippen molar-refractivity contribution in [1.82, 2.24) is 10.2 Å². The molecule has 1 N–H and O–H groups in total. The third-order valence-electron chi connectivity index (χ3n) is 3.00. The summed E-state index contributed by atoms with van der Waals surface area (Å²) in [6.45, 7) is 12.9. The maximum atomic E-state index is 12.0. The quantitative estimate of drug-likeness (QED) is 0.468. The number of nitrogens with one attached hydrogen (secondary N) is 1. The van der Waals surface area contributed by atoms with E-state index in [0.717, 1.165) is 12.8 Å². The van der Waals surface area contributed by atoms with Crippen LogP contribution in [0.5, 0.6) is 0 Å². The van der Waals surface area contributed by atoms with Gasteiger partial charge in [0.1, 0.15) is 0 Å². The van der Waals surface area contributed by atoms with Gasteiger partial charge in [-0.2, -0.15) is 0 Å². The summed E-state index contributed by atoms with van der Waals surface area (Å²) >= 11 is 0. The lowest BCUT2D eigenvalue weighted by atomic mass is 10.0. The molecule has 0 saturated carbocycles. The average molecular weight is 298 g/mol. The van der Waals surface area contributed by atoms with Gasteiger partial charge in [-0.1, -0.05) is 19.9 Å². The first kappa shape index (κ1) is 19.6. The molecule has 1 unspecified atom stereocenters. The molecule has 0 aliphatic rings. The predicted octanol–water partition coefficient (Wildman–Crippen LogP) is 1.98. The molecule has 0 spiro atoms. The second-order valence-corrected chi connectivity index (χ2v) is 5.70. The van der Waals surface area contributed by atoms with Gasteiger partial charge in [-0.05, 0) is 32.6 Å². The first-order valence-corrected chi connectivity index (χ1v) is 7.67. The number of esters is 1. The number of ether oxygens (including phenoxy) is 1. The van der Waals surface area contributed by atoms with E-state index in [2.05, 4.69) is 25.7 Å². The smallest absolute Gasteiger partial charge is 0.320 e. The first-order chi connectivity index (χ1) is 9.88. The van der Waals surface area contributed by atoms with Crippen molar-refractivity contribution < 1.29 is 14.3 Å². The van der Waals surface area contributed by atoms with Gasteiger partial charge in [0.15, 0.2) is 0 Å². The second kappa shape index (κ2) is 11.3. The molecule has 5 nitrogen and oxygen atoms in total. The summed E-state index contributed by atoms with van der Waals surface area (Å²) in [5, 5.41) is 2.96. The van der Waals surface area contributed by atoms with Gasteiger partial charge in [0.2, 0.25) is 5.91 Å². The summed E-state index contributed by atoms with van der Waals surface area (Å²) < 4.78 is 4.90. The van der Waals surface area contributed by atoms with E-state index in [0.29, 0.717) is 19.1 Å². The summed E-state index contributed by atoms with van der Waals surface area (Å²) in [5.74, 6) is 0.239. The van der Waals surface area contributed by atoms with Crippen LogP contribution in [0.4, 0.5) is 0 Å². The zero-order valence-electron chi connectivity index (χ0n) is 13.9. The number of carbonyl (C=O) groups is 2. The lowest BCUT2D eigenvalue weighted by Crippen LogP contribution is -2.43. The fourth-order valence-electron chi connectivity index (χ4n) is 1.94. The lowest BCUT2D eigenvalue weighted by molar-refractivity contribution is -0.144. The van der Waals surface area contributed by atoms with Crippen LogP contribution in [-0.4, -0.2) is 49.1 Å². The molecular formula is C16H30N2O3. The van der Waals surface area contributed by atoms with Crippen molar-refractivity contribution in [2.75, 3.05) is 26.2 Å². The van der Waals surface area contributed by atoms with Crippen LogP contribution in [0.2, 0.25) is 0 Å². The van der Waals surface area contributed by atoms with Crippen molar-refractivity contribution >= 4 is 11.9 Å². The van der Waals surface area contributed by atoms with E-state index >= 15 is 0 Å². The fourth-order valence-corrected chi connectivity index (χ4v) is 1.94. The summed E-state index contributed by atoms with van der Waals surface area (Å²) in [7, 11) is 0. The molecule has 21 heavy (non-hydrogen) atoms. The highest BCUT2D eigenvalue weighted by atomic mass is 16.5. The molecule has 122 valence electrons. The molecule has 0 aliphatic carbocycles. The average Bonchev–Trinajstić information content (AvgIpc) is 2.36. The van der Waals surface area contributed by atoms with Crippen LogP contribution in [0.15, 0.2) is 12.7 Å². The maximum Gasteiger partial charge on any atom is 0.320 e. The van der Waals surface area contributed by atoms with Crippen molar-refractivity contribution in [2.24, 2.45) is 5.92 Å². The van der Waals surface area contributed by atoms with E-state index in [1.54, 1.807) is 17.9 Å². The highest BCUT2D eigenvalue weighted by molar-refractivity contribution is 5.79. The monoisotopic (exact) mass is 298 g/mol. The highest BCUT2D eigenvalue weighted by Crippen LogP contribution is 2.06. The van der Waals surface area contributed by atoms with E-state index in [1.807, 2.05) is 6.92 Å². The van der Waals surface area contributed by atoms with Crippen molar-refractivity contribution in [3.8, 4) is 0 Å². The third kappa shape index (κ3) is 11.0. The number of amides is 1. The van der Waals surface area contributed by atoms with Crippen molar-refractivity contribution in [3.05, 3.63) is 12.7 Å². The highest BCUT2D eigenvalue weighted by Gasteiger charge is 2.15. The molecule has 0 radical (unpaired) electrons. The van der Waals surface area contributed by atoms with Gasteiger partial charge in [0.05, 0.1) is 19.7 Å². The second-order valence-electron chi connectivity index (χ2n) is 5.70. The zero-order valence-corrected chi connectivity index (χ0v) is 13.9. The van der Waals surface area contributed by atoms with Crippen LogP contribution in [0.25, 0.3) is 0 Å². The molecule has 0 fully saturated rings. The van der Waals surface area contributed by atoms with Crippen molar-refractivity contribution in [3.63, 3.8) is 0 Å². The van der Waals surface area contributed by atoms with Gasteiger partial charge in [0, 0.05) is 12.6 Å². The van der Waals surface area contributed by atoms with Crippen LogP contribution in [-0.2, 0) is 14.3 Å². The van der Waals surface area contributed by atoms with Gasteiger partial charge in [-0.3, -0.25) is 14.5 Å². The Morgan fingerprint density at radius 3 is 2.43 bits per heavy atom. The van der Waals surface area contributed by atoms with E-state index in [9.17, 15) is 9.59 Å². The molecule has 5 heteroatoms. The molecule has 0 aliphatic heterocycles. The summed E-state index contributed by atoms with van der Waals surface area (Å²) in [6.07, 6.45) is 3.72. The Kier molecular flexibility index (Phi) is 10.6. The third-order valence-corrected chi connectivity index (χ3v) is 3.00. The number of carbonyl (C=O) groups excluding carboxylic acids is 2. The minimum absolute atomic E-state index is 0.0718. The Morgan fingerprint density at radius 2 is 1.90 bits per heavy atom. The van der Waals surface area contributed by atoms with E-state index in [1.165, 1.54) is 0 Å². The molecule has 0 rings (SSSR count). The standard InChI is InChI=1S/C16H30N2O3/c1-6-10-18(12-16(20)21-7-2)11-15(19)17-14(5)9-8-13(3)4/h6,13-14H,1,7-12H2,2-5H3,(H,17,19). The maximum absolute atomic E-state index is 12.0. The van der Waals surface area contributed by atoms with Crippen LogP contribution in [0, 0.1) is 5.92 Å². The molecule has 0 saturated heterocycles. The van der Waals surface area contributed by atoms with Gasteiger partial charge in [-0.15, -0.1) is 6.58 Å². The number of hydrogen-bond donors (Lipinski definition) is 1.